The van der Waals surface area contributed by atoms with Crippen molar-refractivity contribution in [3.05, 3.63) is 87.3 Å². The van der Waals surface area contributed by atoms with Crippen LogP contribution in [0.3, 0.4) is 0 Å². The summed E-state index contributed by atoms with van der Waals surface area (Å²) in [6, 6.07) is 11.2. The van der Waals surface area contributed by atoms with Gasteiger partial charge >= 0.3 is 12.1 Å². The normalized spacial score (nSPS) is 19.0. The van der Waals surface area contributed by atoms with Crippen molar-refractivity contribution < 1.29 is 32.3 Å². The number of hydrogen-bond donors (Lipinski definition) is 0. The van der Waals surface area contributed by atoms with Gasteiger partial charge in [-0.2, -0.15) is 13.2 Å². The molecular formula is C30H27F3N4O5S. The van der Waals surface area contributed by atoms with E-state index in [1.165, 1.54) is 10.9 Å². The van der Waals surface area contributed by atoms with Gasteiger partial charge in [0, 0.05) is 48.5 Å². The summed E-state index contributed by atoms with van der Waals surface area (Å²) in [6.45, 7) is 1.98. The lowest BCUT2D eigenvalue weighted by Crippen LogP contribution is -2.60. The van der Waals surface area contributed by atoms with Gasteiger partial charge in [-0.15, -0.1) is 11.8 Å². The second kappa shape index (κ2) is 10.8. The molecular weight excluding hydrogens is 585 g/mol. The summed E-state index contributed by atoms with van der Waals surface area (Å²) in [5, 5.41) is 1.57. The monoisotopic (exact) mass is 612 g/mol. The Morgan fingerprint density at radius 3 is 2.49 bits per heavy atom. The van der Waals surface area contributed by atoms with Gasteiger partial charge < -0.3 is 14.5 Å². The first-order chi connectivity index (χ1) is 20.5. The number of esters is 1. The number of alkyl halides is 3. The number of nitrogens with zero attached hydrogens (tertiary/aromatic N) is 4. The van der Waals surface area contributed by atoms with E-state index >= 15 is 0 Å². The summed E-state index contributed by atoms with van der Waals surface area (Å²) < 4.78 is 48.9. The van der Waals surface area contributed by atoms with E-state index in [2.05, 4.69) is 0 Å². The minimum absolute atomic E-state index is 0.000762. The number of pyridine rings is 1. The van der Waals surface area contributed by atoms with Crippen molar-refractivity contribution in [2.75, 3.05) is 23.1 Å². The molecule has 3 aliphatic rings. The fourth-order valence-electron chi connectivity index (χ4n) is 5.90. The molecule has 6 rings (SSSR count). The molecule has 0 bridgehead atoms. The molecule has 1 aromatic heterocycles. The maximum Gasteiger partial charge on any atom is 0.408 e. The average Bonchev–Trinajstić information content (AvgIpc) is 3.31. The van der Waals surface area contributed by atoms with E-state index < -0.39 is 53.7 Å². The van der Waals surface area contributed by atoms with Crippen LogP contribution in [0.25, 0.3) is 0 Å². The largest absolute Gasteiger partial charge is 0.420 e. The van der Waals surface area contributed by atoms with Crippen molar-refractivity contribution >= 4 is 35.2 Å². The number of anilines is 1. The Balaban J connectivity index is 1.62. The lowest BCUT2D eigenvalue weighted by Gasteiger charge is -2.46. The zero-order chi connectivity index (χ0) is 30.6. The molecule has 224 valence electrons. The molecule has 2 amide bonds. The van der Waals surface area contributed by atoms with Crippen LogP contribution in [0.5, 0.6) is 5.75 Å². The van der Waals surface area contributed by atoms with Gasteiger partial charge in [0.05, 0.1) is 6.04 Å². The van der Waals surface area contributed by atoms with Gasteiger partial charge in [0.2, 0.25) is 17.1 Å². The highest BCUT2D eigenvalue weighted by Crippen LogP contribution is 2.46. The zero-order valence-electron chi connectivity index (χ0n) is 23.3. The van der Waals surface area contributed by atoms with Crippen LogP contribution in [0.15, 0.2) is 64.4 Å². The molecule has 0 saturated carbocycles. The molecule has 4 heterocycles. The fraction of sp³-hybridized carbons (Fsp3) is 0.333. The SMILES string of the molecule is CC(=O)Oc1c2n(ccc1=O)N(C1c3ccccc3SCc3c1cccc3N1CCCC1=O)CN([C@H](C)C(F)(F)F)C2=O. The molecule has 0 spiro atoms. The molecule has 0 N–H and O–H groups in total. The van der Waals surface area contributed by atoms with E-state index in [1.54, 1.807) is 21.7 Å². The molecule has 0 radical (unpaired) electrons. The number of ether oxygens (including phenoxy) is 1. The van der Waals surface area contributed by atoms with Gasteiger partial charge in [-0.1, -0.05) is 30.3 Å². The molecule has 0 aliphatic carbocycles. The van der Waals surface area contributed by atoms with Gasteiger partial charge in [-0.05, 0) is 42.2 Å². The number of carbonyl (C=O) groups excluding carboxylic acids is 3. The predicted octanol–water partition coefficient (Wildman–Crippen LogP) is 4.60. The van der Waals surface area contributed by atoms with Crippen molar-refractivity contribution in [1.82, 2.24) is 9.58 Å². The maximum atomic E-state index is 14.1. The van der Waals surface area contributed by atoms with E-state index in [1.807, 2.05) is 42.5 Å². The summed E-state index contributed by atoms with van der Waals surface area (Å²) in [5.41, 5.74) is 1.79. The molecule has 1 unspecified atom stereocenters. The summed E-state index contributed by atoms with van der Waals surface area (Å²) in [6.07, 6.45) is -2.32. The smallest absolute Gasteiger partial charge is 0.408 e. The summed E-state index contributed by atoms with van der Waals surface area (Å²) in [7, 11) is 0. The van der Waals surface area contributed by atoms with Gasteiger partial charge in [-0.25, -0.2) is 0 Å². The molecule has 43 heavy (non-hydrogen) atoms. The van der Waals surface area contributed by atoms with Gasteiger partial charge in [0.1, 0.15) is 12.7 Å². The molecule has 2 aromatic carbocycles. The van der Waals surface area contributed by atoms with Crippen LogP contribution >= 0.6 is 11.8 Å². The number of fused-ring (bicyclic) bond motifs is 3. The van der Waals surface area contributed by atoms with Crippen LogP contribution in [0, 0.1) is 0 Å². The number of thioether (sulfide) groups is 1. The number of amides is 2. The molecule has 13 heteroatoms. The molecule has 1 fully saturated rings. The average molecular weight is 613 g/mol. The Hall–Kier alpha value is -4.26. The molecule has 3 aliphatic heterocycles. The van der Waals surface area contributed by atoms with E-state index in [4.69, 9.17) is 4.74 Å². The molecule has 2 atom stereocenters. The Kier molecular flexibility index (Phi) is 7.23. The van der Waals surface area contributed by atoms with Crippen LogP contribution in [0.1, 0.15) is 59.9 Å². The zero-order valence-corrected chi connectivity index (χ0v) is 24.1. The van der Waals surface area contributed by atoms with E-state index in [0.717, 1.165) is 53.6 Å². The minimum atomic E-state index is -4.78. The van der Waals surface area contributed by atoms with Crippen LogP contribution in [-0.4, -0.2) is 52.8 Å². The van der Waals surface area contributed by atoms with Crippen molar-refractivity contribution in [3.63, 3.8) is 0 Å². The lowest BCUT2D eigenvalue weighted by atomic mass is 9.93. The quantitative estimate of drug-likeness (QED) is 0.398. The van der Waals surface area contributed by atoms with Crippen molar-refractivity contribution in [2.24, 2.45) is 0 Å². The third-order valence-electron chi connectivity index (χ3n) is 7.99. The highest BCUT2D eigenvalue weighted by molar-refractivity contribution is 7.98. The topological polar surface area (TPSA) is 92.2 Å². The first-order valence-corrected chi connectivity index (χ1v) is 14.7. The number of benzene rings is 2. The van der Waals surface area contributed by atoms with E-state index in [9.17, 15) is 32.3 Å². The van der Waals surface area contributed by atoms with Crippen molar-refractivity contribution in [2.45, 2.75) is 55.6 Å². The van der Waals surface area contributed by atoms with E-state index in [-0.39, 0.29) is 5.91 Å². The second-order valence-corrected chi connectivity index (χ2v) is 11.6. The summed E-state index contributed by atoms with van der Waals surface area (Å²) >= 11 is 1.55. The number of hydrogen-bond acceptors (Lipinski definition) is 7. The Morgan fingerprint density at radius 1 is 1.05 bits per heavy atom. The summed E-state index contributed by atoms with van der Waals surface area (Å²) in [4.78, 5) is 54.6. The Morgan fingerprint density at radius 2 is 1.79 bits per heavy atom. The molecule has 1 saturated heterocycles. The maximum absolute atomic E-state index is 14.1. The Labute approximate surface area is 248 Å². The number of rotatable bonds is 4. The van der Waals surface area contributed by atoms with Gasteiger partial charge in [0.15, 0.2) is 5.69 Å². The van der Waals surface area contributed by atoms with Crippen LogP contribution < -0.4 is 20.1 Å². The third kappa shape index (κ3) is 4.94. The van der Waals surface area contributed by atoms with Gasteiger partial charge in [-0.3, -0.25) is 28.9 Å². The summed E-state index contributed by atoms with van der Waals surface area (Å²) in [5.74, 6) is -2.14. The first kappa shape index (κ1) is 28.8. The van der Waals surface area contributed by atoms with Crippen LogP contribution in [0.2, 0.25) is 0 Å². The van der Waals surface area contributed by atoms with Gasteiger partial charge in [0.25, 0.3) is 5.91 Å². The first-order valence-electron chi connectivity index (χ1n) is 13.7. The highest BCUT2D eigenvalue weighted by atomic mass is 32.2. The van der Waals surface area contributed by atoms with Crippen LogP contribution in [0.4, 0.5) is 18.9 Å². The highest BCUT2D eigenvalue weighted by Gasteiger charge is 2.48. The van der Waals surface area contributed by atoms with Crippen molar-refractivity contribution in [1.29, 1.82) is 0 Å². The standard InChI is InChI=1S/C30H27F3N4O5S/c1-17(30(31,32)33)35-16-37(36-14-12-23(39)28(42-18(2)38)27(36)29(35)41)26-19-8-5-9-22(34-13-6-11-25(34)40)21(19)15-43-24-10-4-3-7-20(24)26/h3-5,7-10,12,14,17,26H,6,11,13,15-16H2,1-2H3/t17-,26?/m1/s1. The lowest BCUT2D eigenvalue weighted by molar-refractivity contribution is -0.173. The fourth-order valence-corrected chi connectivity index (χ4v) is 7.04. The van der Waals surface area contributed by atoms with Crippen LogP contribution in [-0.2, 0) is 15.3 Å². The number of halogens is 3. The van der Waals surface area contributed by atoms with Crippen molar-refractivity contribution in [3.8, 4) is 5.75 Å². The second-order valence-electron chi connectivity index (χ2n) is 10.6. The Bertz CT molecular complexity index is 1710. The number of carbonyl (C=O) groups is 3. The minimum Gasteiger partial charge on any atom is -0.420 e. The molecule has 3 aromatic rings. The predicted molar refractivity (Wildman–Crippen MR) is 153 cm³/mol. The number of aromatic nitrogens is 1. The van der Waals surface area contributed by atoms with E-state index in [0.29, 0.717) is 23.6 Å². The third-order valence-corrected chi connectivity index (χ3v) is 9.11. The molecule has 9 nitrogen and oxygen atoms in total.